The van der Waals surface area contributed by atoms with Crippen molar-refractivity contribution in [1.29, 1.82) is 0 Å². The van der Waals surface area contributed by atoms with Gasteiger partial charge in [-0.05, 0) is 19.3 Å². The first-order valence-corrected chi connectivity index (χ1v) is 6.32. The minimum Gasteiger partial charge on any atom is -0.479 e. The second-order valence-electron chi connectivity index (χ2n) is 4.69. The zero-order chi connectivity index (χ0) is 14.1. The van der Waals surface area contributed by atoms with E-state index in [0.717, 1.165) is 12.8 Å². The van der Waals surface area contributed by atoms with Gasteiger partial charge in [0.25, 0.3) is 0 Å². The number of aliphatic carboxylic acids is 1. The Kier molecular flexibility index (Phi) is 8.11. The molecule has 0 saturated carbocycles. The Hall–Kier alpha value is -1.30. The highest BCUT2D eigenvalue weighted by atomic mass is 16.4. The molecule has 0 saturated heterocycles. The van der Waals surface area contributed by atoms with Crippen LogP contribution in [0.1, 0.15) is 40.0 Å². The molecule has 0 aromatic carbocycles. The molecule has 0 bridgehead atoms. The van der Waals surface area contributed by atoms with Crippen LogP contribution in [-0.4, -0.2) is 40.9 Å². The number of carbonyl (C=O) groups is 2. The van der Waals surface area contributed by atoms with Gasteiger partial charge >= 0.3 is 12.0 Å². The number of carbonyl (C=O) groups excluding carboxylic acids is 1. The minimum atomic E-state index is -1.43. The van der Waals surface area contributed by atoms with E-state index in [2.05, 4.69) is 24.5 Å². The molecule has 2 unspecified atom stereocenters. The average Bonchev–Trinajstić information content (AvgIpc) is 2.27. The van der Waals surface area contributed by atoms with Crippen LogP contribution in [0.2, 0.25) is 0 Å². The molecule has 0 spiro atoms. The summed E-state index contributed by atoms with van der Waals surface area (Å²) in [7, 11) is 0. The maximum absolute atomic E-state index is 11.4. The second kappa shape index (κ2) is 8.74. The van der Waals surface area contributed by atoms with Gasteiger partial charge in [0.2, 0.25) is 0 Å². The summed E-state index contributed by atoms with van der Waals surface area (Å²) in [5, 5.41) is 22.7. The van der Waals surface area contributed by atoms with Crippen LogP contribution in [-0.2, 0) is 4.79 Å². The monoisotopic (exact) mass is 260 g/mol. The molecule has 0 aliphatic rings. The average molecular weight is 260 g/mol. The lowest BCUT2D eigenvalue weighted by molar-refractivity contribution is -0.146. The number of amides is 2. The molecule has 0 aromatic heterocycles. The molecular weight excluding hydrogens is 236 g/mol. The summed E-state index contributed by atoms with van der Waals surface area (Å²) >= 11 is 0. The quantitative estimate of drug-likeness (QED) is 0.522. The van der Waals surface area contributed by atoms with Crippen LogP contribution in [0.4, 0.5) is 4.79 Å². The van der Waals surface area contributed by atoms with E-state index in [1.54, 1.807) is 0 Å². The van der Waals surface area contributed by atoms with Crippen LogP contribution in [0.15, 0.2) is 0 Å². The minimum absolute atomic E-state index is 0.00248. The number of carboxylic acids is 1. The first kappa shape index (κ1) is 16.7. The van der Waals surface area contributed by atoms with Crippen molar-refractivity contribution in [3.8, 4) is 0 Å². The van der Waals surface area contributed by atoms with Gasteiger partial charge in [-0.1, -0.05) is 20.3 Å². The van der Waals surface area contributed by atoms with Crippen molar-refractivity contribution in [2.45, 2.75) is 52.2 Å². The van der Waals surface area contributed by atoms with E-state index in [0.29, 0.717) is 5.92 Å². The Morgan fingerprint density at radius 2 is 1.89 bits per heavy atom. The van der Waals surface area contributed by atoms with Crippen LogP contribution < -0.4 is 10.6 Å². The Balaban J connectivity index is 3.74. The van der Waals surface area contributed by atoms with Gasteiger partial charge in [0.05, 0.1) is 0 Å². The maximum Gasteiger partial charge on any atom is 0.332 e. The maximum atomic E-state index is 11.4. The predicted octanol–water partition coefficient (Wildman–Crippen LogP) is 0.946. The van der Waals surface area contributed by atoms with E-state index >= 15 is 0 Å². The molecule has 0 aliphatic heterocycles. The molecule has 0 fully saturated rings. The number of rotatable bonds is 8. The van der Waals surface area contributed by atoms with Gasteiger partial charge in [-0.15, -0.1) is 0 Å². The van der Waals surface area contributed by atoms with Crippen molar-refractivity contribution in [2.75, 3.05) is 6.54 Å². The van der Waals surface area contributed by atoms with Crippen molar-refractivity contribution >= 4 is 12.0 Å². The van der Waals surface area contributed by atoms with Crippen molar-refractivity contribution in [3.05, 3.63) is 0 Å². The van der Waals surface area contributed by atoms with Crippen molar-refractivity contribution in [1.82, 2.24) is 10.6 Å². The molecule has 0 aliphatic carbocycles. The van der Waals surface area contributed by atoms with Gasteiger partial charge in [0.15, 0.2) is 6.10 Å². The van der Waals surface area contributed by atoms with Crippen molar-refractivity contribution < 1.29 is 19.8 Å². The Morgan fingerprint density at radius 1 is 1.28 bits per heavy atom. The molecule has 0 heterocycles. The summed E-state index contributed by atoms with van der Waals surface area (Å²) < 4.78 is 0. The Bertz CT molecular complexity index is 271. The highest BCUT2D eigenvalue weighted by Crippen LogP contribution is 2.08. The lowest BCUT2D eigenvalue weighted by atomic mass is 10.0. The molecule has 3 atom stereocenters. The van der Waals surface area contributed by atoms with E-state index in [-0.39, 0.29) is 25.0 Å². The van der Waals surface area contributed by atoms with Crippen LogP contribution >= 0.6 is 0 Å². The number of urea groups is 1. The number of aliphatic hydroxyl groups excluding tert-OH is 1. The fourth-order valence-electron chi connectivity index (χ4n) is 1.55. The van der Waals surface area contributed by atoms with Crippen LogP contribution in [0.3, 0.4) is 0 Å². The molecule has 106 valence electrons. The normalized spacial score (nSPS) is 15.6. The molecular formula is C12H24N2O4. The van der Waals surface area contributed by atoms with E-state index in [1.165, 1.54) is 0 Å². The number of hydrogen-bond donors (Lipinski definition) is 4. The highest BCUT2D eigenvalue weighted by molar-refractivity contribution is 5.74. The van der Waals surface area contributed by atoms with E-state index < -0.39 is 12.1 Å². The van der Waals surface area contributed by atoms with E-state index in [9.17, 15) is 9.59 Å². The molecule has 6 nitrogen and oxygen atoms in total. The lowest BCUT2D eigenvalue weighted by Gasteiger charge is -2.18. The van der Waals surface area contributed by atoms with E-state index in [1.807, 2.05) is 6.92 Å². The van der Waals surface area contributed by atoms with Crippen LogP contribution in [0.25, 0.3) is 0 Å². The molecule has 0 aromatic rings. The van der Waals surface area contributed by atoms with Crippen molar-refractivity contribution in [3.63, 3.8) is 0 Å². The smallest absolute Gasteiger partial charge is 0.332 e. The predicted molar refractivity (Wildman–Crippen MR) is 68.3 cm³/mol. The summed E-state index contributed by atoms with van der Waals surface area (Å²) in [6, 6.07) is -0.257. The zero-order valence-corrected chi connectivity index (χ0v) is 11.3. The summed E-state index contributed by atoms with van der Waals surface area (Å²) in [6.45, 7) is 6.29. The van der Waals surface area contributed by atoms with Crippen LogP contribution in [0, 0.1) is 5.92 Å². The first-order valence-electron chi connectivity index (χ1n) is 6.32. The topological polar surface area (TPSA) is 98.7 Å². The molecule has 6 heteroatoms. The molecule has 0 radical (unpaired) electrons. The SMILES string of the molecule is CCC(C)CC(C)NC(=O)NCC[C@H](O)C(=O)O. The van der Waals surface area contributed by atoms with Gasteiger partial charge < -0.3 is 20.8 Å². The van der Waals surface area contributed by atoms with Gasteiger partial charge in [0, 0.05) is 19.0 Å². The van der Waals surface area contributed by atoms with Gasteiger partial charge in [-0.2, -0.15) is 0 Å². The van der Waals surface area contributed by atoms with E-state index in [4.69, 9.17) is 10.2 Å². The van der Waals surface area contributed by atoms with Gasteiger partial charge in [0.1, 0.15) is 0 Å². The number of hydrogen-bond acceptors (Lipinski definition) is 3. The summed E-state index contributed by atoms with van der Waals surface area (Å²) in [5.74, 6) is -0.725. The first-order chi connectivity index (χ1) is 8.36. The number of aliphatic hydroxyl groups is 1. The second-order valence-corrected chi connectivity index (χ2v) is 4.69. The molecule has 18 heavy (non-hydrogen) atoms. The summed E-state index contributed by atoms with van der Waals surface area (Å²) in [6.07, 6.45) is 0.547. The largest absolute Gasteiger partial charge is 0.479 e. The lowest BCUT2D eigenvalue weighted by Crippen LogP contribution is -2.42. The van der Waals surface area contributed by atoms with Crippen molar-refractivity contribution in [2.24, 2.45) is 5.92 Å². The third-order valence-electron chi connectivity index (χ3n) is 2.82. The molecule has 4 N–H and O–H groups in total. The number of carboxylic acid groups (broad SMARTS) is 1. The van der Waals surface area contributed by atoms with Gasteiger partial charge in [-0.3, -0.25) is 0 Å². The summed E-state index contributed by atoms with van der Waals surface area (Å²) in [4.78, 5) is 21.8. The molecule has 0 rings (SSSR count). The summed E-state index contributed by atoms with van der Waals surface area (Å²) in [5.41, 5.74) is 0. The van der Waals surface area contributed by atoms with Gasteiger partial charge in [-0.25, -0.2) is 9.59 Å². The number of nitrogens with one attached hydrogen (secondary N) is 2. The molecule has 2 amide bonds. The van der Waals surface area contributed by atoms with Crippen LogP contribution in [0.5, 0.6) is 0 Å². The highest BCUT2D eigenvalue weighted by Gasteiger charge is 2.14. The standard InChI is InChI=1S/C12H24N2O4/c1-4-8(2)7-9(3)14-12(18)13-6-5-10(15)11(16)17/h8-10,15H,4-7H2,1-3H3,(H,16,17)(H2,13,14,18)/t8?,9?,10-/m0/s1. The third-order valence-corrected chi connectivity index (χ3v) is 2.82. The Morgan fingerprint density at radius 3 is 2.39 bits per heavy atom. The zero-order valence-electron chi connectivity index (χ0n) is 11.3. The fourth-order valence-corrected chi connectivity index (χ4v) is 1.55. The third kappa shape index (κ3) is 7.89. The Labute approximate surface area is 108 Å². The fraction of sp³-hybridized carbons (Fsp3) is 0.833.